The Kier molecular flexibility index (Phi) is 5.81. The number of H-pyrrole nitrogens is 1. The van der Waals surface area contributed by atoms with Crippen LogP contribution in [0.5, 0.6) is 0 Å². The number of aromatic nitrogens is 2. The molecule has 4 N–H and O–H groups in total. The van der Waals surface area contributed by atoms with Crippen LogP contribution < -0.4 is 21.5 Å². The SMILES string of the molecule is CC(=O)Nc1cc2[nH]c(=O)c(-c3cc(NC(=O)Nc4ccccc4)c(F)cc3F)cc2cn1. The van der Waals surface area contributed by atoms with Gasteiger partial charge in [-0.25, -0.2) is 18.6 Å². The molecule has 2 aromatic carbocycles. The molecule has 0 aliphatic heterocycles. The van der Waals surface area contributed by atoms with Crippen LogP contribution in [0.3, 0.4) is 0 Å². The maximum absolute atomic E-state index is 14.6. The summed E-state index contributed by atoms with van der Waals surface area (Å²) < 4.78 is 28.9. The quantitative estimate of drug-likeness (QED) is 0.368. The Morgan fingerprint density at radius 1 is 0.909 bits per heavy atom. The summed E-state index contributed by atoms with van der Waals surface area (Å²) in [4.78, 5) is 42.8. The number of benzene rings is 2. The van der Waals surface area contributed by atoms with Crippen molar-refractivity contribution in [2.24, 2.45) is 0 Å². The minimum Gasteiger partial charge on any atom is -0.321 e. The number of amides is 3. The number of anilines is 3. The summed E-state index contributed by atoms with van der Waals surface area (Å²) in [5.74, 6) is -2.07. The number of urea groups is 1. The third kappa shape index (κ3) is 4.85. The first-order chi connectivity index (χ1) is 15.8. The van der Waals surface area contributed by atoms with Gasteiger partial charge in [-0.05, 0) is 24.3 Å². The molecule has 3 amide bonds. The minimum absolute atomic E-state index is 0.0828. The molecule has 8 nitrogen and oxygen atoms in total. The largest absolute Gasteiger partial charge is 0.323 e. The zero-order chi connectivity index (χ0) is 23.5. The van der Waals surface area contributed by atoms with E-state index in [1.54, 1.807) is 30.3 Å². The first-order valence-corrected chi connectivity index (χ1v) is 9.73. The Morgan fingerprint density at radius 3 is 2.39 bits per heavy atom. The van der Waals surface area contributed by atoms with Crippen molar-refractivity contribution in [3.63, 3.8) is 0 Å². The third-order valence-electron chi connectivity index (χ3n) is 4.66. The van der Waals surface area contributed by atoms with E-state index in [1.807, 2.05) is 0 Å². The molecule has 4 rings (SSSR count). The molecule has 0 bridgehead atoms. The molecular weight excluding hydrogens is 432 g/mol. The van der Waals surface area contributed by atoms with Crippen LogP contribution in [-0.2, 0) is 4.79 Å². The average molecular weight is 449 g/mol. The number of hydrogen-bond acceptors (Lipinski definition) is 4. The van der Waals surface area contributed by atoms with Crippen LogP contribution in [0, 0.1) is 11.6 Å². The number of halogens is 2. The van der Waals surface area contributed by atoms with Crippen LogP contribution >= 0.6 is 0 Å². The molecule has 0 atom stereocenters. The molecule has 0 unspecified atom stereocenters. The topological polar surface area (TPSA) is 116 Å². The van der Waals surface area contributed by atoms with E-state index in [-0.39, 0.29) is 28.5 Å². The van der Waals surface area contributed by atoms with Gasteiger partial charge in [0.05, 0.1) is 16.8 Å². The van der Waals surface area contributed by atoms with Gasteiger partial charge >= 0.3 is 6.03 Å². The number of pyridine rings is 2. The standard InChI is InChI=1S/C23H17F2N5O3/c1-12(31)27-21-10-19-13(11-26-21)7-16(22(32)29-19)15-8-20(18(25)9-17(15)24)30-23(33)28-14-5-3-2-4-6-14/h2-11H,1H3,(H,29,32)(H,26,27,31)(H2,28,30,33). The van der Waals surface area contributed by atoms with E-state index < -0.39 is 23.2 Å². The predicted molar refractivity (Wildman–Crippen MR) is 121 cm³/mol. The number of nitrogens with zero attached hydrogens (tertiary/aromatic N) is 1. The molecule has 166 valence electrons. The maximum Gasteiger partial charge on any atom is 0.323 e. The maximum atomic E-state index is 14.6. The second-order valence-electron chi connectivity index (χ2n) is 7.11. The van der Waals surface area contributed by atoms with E-state index >= 15 is 0 Å². The van der Waals surface area contributed by atoms with E-state index in [0.29, 0.717) is 22.7 Å². The predicted octanol–water partition coefficient (Wildman–Crippen LogP) is 4.47. The number of carbonyl (C=O) groups is 2. The lowest BCUT2D eigenvalue weighted by Crippen LogP contribution is -2.20. The average Bonchev–Trinajstić information content (AvgIpc) is 2.75. The van der Waals surface area contributed by atoms with Gasteiger partial charge in [0, 0.05) is 41.9 Å². The molecule has 0 spiro atoms. The summed E-state index contributed by atoms with van der Waals surface area (Å²) in [5, 5.41) is 7.81. The van der Waals surface area contributed by atoms with Gasteiger partial charge in [0.1, 0.15) is 17.5 Å². The molecule has 0 fully saturated rings. The highest BCUT2D eigenvalue weighted by atomic mass is 19.1. The molecule has 33 heavy (non-hydrogen) atoms. The summed E-state index contributed by atoms with van der Waals surface area (Å²) in [6.07, 6.45) is 1.40. The number of aromatic amines is 1. The van der Waals surface area contributed by atoms with Crippen LogP contribution in [0.2, 0.25) is 0 Å². The van der Waals surface area contributed by atoms with Crippen LogP contribution in [0.15, 0.2) is 65.6 Å². The number of nitrogens with one attached hydrogen (secondary N) is 4. The normalized spacial score (nSPS) is 10.6. The van der Waals surface area contributed by atoms with Gasteiger partial charge in [-0.3, -0.25) is 9.59 Å². The van der Waals surface area contributed by atoms with Crippen molar-refractivity contribution >= 4 is 40.0 Å². The second kappa shape index (κ2) is 8.87. The van der Waals surface area contributed by atoms with Crippen molar-refractivity contribution < 1.29 is 18.4 Å². The number of fused-ring (bicyclic) bond motifs is 1. The third-order valence-corrected chi connectivity index (χ3v) is 4.66. The Hall–Kier alpha value is -4.60. The highest BCUT2D eigenvalue weighted by Crippen LogP contribution is 2.28. The minimum atomic E-state index is -1.00. The van der Waals surface area contributed by atoms with Crippen molar-refractivity contribution in [3.05, 3.63) is 82.8 Å². The Labute approximate surface area is 185 Å². The first-order valence-electron chi connectivity index (χ1n) is 9.73. The monoisotopic (exact) mass is 449 g/mol. The molecule has 10 heteroatoms. The molecule has 0 aliphatic carbocycles. The zero-order valence-corrected chi connectivity index (χ0v) is 17.2. The Bertz CT molecular complexity index is 1440. The summed E-state index contributed by atoms with van der Waals surface area (Å²) in [6, 6.07) is 12.2. The lowest BCUT2D eigenvalue weighted by molar-refractivity contribution is -0.114. The summed E-state index contributed by atoms with van der Waals surface area (Å²) in [6.45, 7) is 1.32. The highest BCUT2D eigenvalue weighted by Gasteiger charge is 2.17. The number of hydrogen-bond donors (Lipinski definition) is 4. The van der Waals surface area contributed by atoms with E-state index in [0.717, 1.165) is 6.07 Å². The number of rotatable bonds is 4. The van der Waals surface area contributed by atoms with E-state index in [1.165, 1.54) is 25.3 Å². The molecule has 4 aromatic rings. The molecule has 0 saturated heterocycles. The van der Waals surface area contributed by atoms with E-state index in [9.17, 15) is 23.2 Å². The van der Waals surface area contributed by atoms with Gasteiger partial charge in [-0.2, -0.15) is 0 Å². The van der Waals surface area contributed by atoms with Gasteiger partial charge in [0.2, 0.25) is 5.91 Å². The summed E-state index contributed by atoms with van der Waals surface area (Å²) >= 11 is 0. The Balaban J connectivity index is 1.68. The smallest absolute Gasteiger partial charge is 0.321 e. The molecule has 0 saturated carbocycles. The van der Waals surface area contributed by atoms with Crippen LogP contribution in [0.4, 0.5) is 30.8 Å². The second-order valence-corrected chi connectivity index (χ2v) is 7.11. The summed E-state index contributed by atoms with van der Waals surface area (Å²) in [5.41, 5.74) is -0.396. The van der Waals surface area contributed by atoms with Gasteiger partial charge < -0.3 is 20.9 Å². The Morgan fingerprint density at radius 2 is 1.67 bits per heavy atom. The van der Waals surface area contributed by atoms with Crippen molar-refractivity contribution in [1.82, 2.24) is 9.97 Å². The van der Waals surface area contributed by atoms with Crippen molar-refractivity contribution in [3.8, 4) is 11.1 Å². The molecule has 2 aromatic heterocycles. The lowest BCUT2D eigenvalue weighted by atomic mass is 10.0. The highest BCUT2D eigenvalue weighted by molar-refractivity contribution is 6.00. The van der Waals surface area contributed by atoms with Crippen LogP contribution in [-0.4, -0.2) is 21.9 Å². The molecule has 2 heterocycles. The van der Waals surface area contributed by atoms with Gasteiger partial charge in [0.25, 0.3) is 5.56 Å². The molecule has 0 radical (unpaired) electrons. The van der Waals surface area contributed by atoms with E-state index in [4.69, 9.17) is 0 Å². The zero-order valence-electron chi connectivity index (χ0n) is 17.2. The molecular formula is C23H17F2N5O3. The molecule has 0 aliphatic rings. The summed E-state index contributed by atoms with van der Waals surface area (Å²) in [7, 11) is 0. The van der Waals surface area contributed by atoms with Crippen molar-refractivity contribution in [1.29, 1.82) is 0 Å². The van der Waals surface area contributed by atoms with E-state index in [2.05, 4.69) is 25.9 Å². The van der Waals surface area contributed by atoms with Gasteiger partial charge in [0.15, 0.2) is 0 Å². The van der Waals surface area contributed by atoms with Gasteiger partial charge in [-0.15, -0.1) is 0 Å². The van der Waals surface area contributed by atoms with Crippen molar-refractivity contribution in [2.75, 3.05) is 16.0 Å². The number of para-hydroxylation sites is 1. The number of carbonyl (C=O) groups excluding carboxylic acids is 2. The first kappa shape index (κ1) is 21.6. The fourth-order valence-electron chi connectivity index (χ4n) is 3.21. The van der Waals surface area contributed by atoms with Gasteiger partial charge in [-0.1, -0.05) is 18.2 Å². The van der Waals surface area contributed by atoms with Crippen LogP contribution in [0.25, 0.3) is 22.0 Å². The fourth-order valence-corrected chi connectivity index (χ4v) is 3.21. The van der Waals surface area contributed by atoms with Crippen molar-refractivity contribution in [2.45, 2.75) is 6.92 Å². The lowest BCUT2D eigenvalue weighted by Gasteiger charge is -2.11. The fraction of sp³-hybridized carbons (Fsp3) is 0.0435. The van der Waals surface area contributed by atoms with Crippen LogP contribution in [0.1, 0.15) is 6.92 Å².